The molecular formula is C60H39N. The lowest BCUT2D eigenvalue weighted by atomic mass is 9.90. The van der Waals surface area contributed by atoms with Crippen LogP contribution in [0.4, 0.5) is 0 Å². The maximum absolute atomic E-state index is 2.49. The van der Waals surface area contributed by atoms with E-state index in [1.165, 1.54) is 115 Å². The van der Waals surface area contributed by atoms with E-state index in [0.29, 0.717) is 0 Å². The molecule has 0 N–H and O–H groups in total. The summed E-state index contributed by atoms with van der Waals surface area (Å²) in [5, 5.41) is 10.0. The van der Waals surface area contributed by atoms with E-state index in [1.807, 2.05) is 0 Å². The van der Waals surface area contributed by atoms with Crippen LogP contribution in [0.25, 0.3) is 115 Å². The molecule has 1 heterocycles. The first-order chi connectivity index (χ1) is 30.2. The minimum Gasteiger partial charge on any atom is -0.309 e. The van der Waals surface area contributed by atoms with Crippen molar-refractivity contribution in [1.29, 1.82) is 0 Å². The fraction of sp³-hybridized carbons (Fsp3) is 0. The summed E-state index contributed by atoms with van der Waals surface area (Å²) < 4.78 is 2.49. The smallest absolute Gasteiger partial charge is 0.0541 e. The number of nitrogens with zero attached hydrogens (tertiary/aromatic N) is 1. The molecule has 1 nitrogen and oxygen atoms in total. The number of benzene rings is 11. The van der Waals surface area contributed by atoms with Gasteiger partial charge in [0.2, 0.25) is 0 Å². The summed E-state index contributed by atoms with van der Waals surface area (Å²) in [5.74, 6) is 0. The molecular weight excluding hydrogens is 735 g/mol. The van der Waals surface area contributed by atoms with Gasteiger partial charge in [-0.25, -0.2) is 0 Å². The molecule has 0 bridgehead atoms. The molecule has 61 heavy (non-hydrogen) atoms. The van der Waals surface area contributed by atoms with Gasteiger partial charge in [-0.1, -0.05) is 200 Å². The van der Waals surface area contributed by atoms with E-state index in [1.54, 1.807) is 0 Å². The van der Waals surface area contributed by atoms with Gasteiger partial charge in [-0.3, -0.25) is 0 Å². The molecule has 0 aliphatic carbocycles. The lowest BCUT2D eigenvalue weighted by Gasteiger charge is -2.17. The van der Waals surface area contributed by atoms with Gasteiger partial charge in [-0.2, -0.15) is 0 Å². The highest BCUT2D eigenvalue weighted by Crippen LogP contribution is 2.43. The monoisotopic (exact) mass is 773 g/mol. The van der Waals surface area contributed by atoms with E-state index >= 15 is 0 Å². The Labute approximate surface area is 355 Å². The van der Waals surface area contributed by atoms with Crippen LogP contribution in [0.5, 0.6) is 0 Å². The zero-order chi connectivity index (χ0) is 40.3. The molecule has 1 aromatic heterocycles. The Hall–Kier alpha value is -8.00. The van der Waals surface area contributed by atoms with Crippen LogP contribution >= 0.6 is 0 Å². The van der Waals surface area contributed by atoms with Gasteiger partial charge in [0.15, 0.2) is 0 Å². The molecule has 0 saturated heterocycles. The van der Waals surface area contributed by atoms with Crippen LogP contribution in [-0.2, 0) is 0 Å². The van der Waals surface area contributed by atoms with Crippen molar-refractivity contribution in [3.05, 3.63) is 237 Å². The Kier molecular flexibility index (Phi) is 8.25. The maximum Gasteiger partial charge on any atom is 0.0541 e. The molecule has 12 aromatic rings. The number of aromatic nitrogens is 1. The van der Waals surface area contributed by atoms with Crippen molar-refractivity contribution in [1.82, 2.24) is 4.57 Å². The molecule has 0 amide bonds. The zero-order valence-electron chi connectivity index (χ0n) is 33.5. The third-order valence-corrected chi connectivity index (χ3v) is 12.6. The van der Waals surface area contributed by atoms with Crippen LogP contribution in [-0.4, -0.2) is 4.57 Å². The number of hydrogen-bond acceptors (Lipinski definition) is 0. The summed E-state index contributed by atoms with van der Waals surface area (Å²) >= 11 is 0. The minimum atomic E-state index is 1.17. The molecule has 0 spiro atoms. The lowest BCUT2D eigenvalue weighted by Crippen LogP contribution is -1.97. The van der Waals surface area contributed by atoms with Crippen LogP contribution in [0.1, 0.15) is 0 Å². The van der Waals surface area contributed by atoms with Gasteiger partial charge < -0.3 is 4.57 Å². The Morgan fingerprint density at radius 2 is 0.607 bits per heavy atom. The SMILES string of the molecule is c1ccc(-c2ccc(-c3ccc4c(c3)c3cc(-c5ccc(-c6ccccc6)cc5)ccc3n4-c3ccc(-c4cc5ccccc5c5ccccc45)c4ccccc34)cc2)cc1. The Morgan fingerprint density at radius 3 is 1.15 bits per heavy atom. The predicted octanol–water partition coefficient (Wildman–Crippen LogP) is 16.6. The van der Waals surface area contributed by atoms with E-state index in [4.69, 9.17) is 0 Å². The number of fused-ring (bicyclic) bond motifs is 7. The second-order valence-electron chi connectivity index (χ2n) is 16.1. The zero-order valence-corrected chi connectivity index (χ0v) is 33.5. The summed E-state index contributed by atoms with van der Waals surface area (Å²) in [6, 6.07) is 86.8. The topological polar surface area (TPSA) is 4.93 Å². The molecule has 0 saturated carbocycles. The first-order valence-corrected chi connectivity index (χ1v) is 21.1. The third-order valence-electron chi connectivity index (χ3n) is 12.6. The minimum absolute atomic E-state index is 1.17. The maximum atomic E-state index is 2.49. The van der Waals surface area contributed by atoms with E-state index < -0.39 is 0 Å². The van der Waals surface area contributed by atoms with Gasteiger partial charge in [0.1, 0.15) is 0 Å². The van der Waals surface area contributed by atoms with Crippen LogP contribution in [0.15, 0.2) is 237 Å². The van der Waals surface area contributed by atoms with Gasteiger partial charge in [0.25, 0.3) is 0 Å². The Balaban J connectivity index is 1.05. The van der Waals surface area contributed by atoms with Crippen molar-refractivity contribution < 1.29 is 0 Å². The summed E-state index contributed by atoms with van der Waals surface area (Å²) in [6.45, 7) is 0. The van der Waals surface area contributed by atoms with Gasteiger partial charge in [0.05, 0.1) is 16.7 Å². The molecule has 284 valence electrons. The van der Waals surface area contributed by atoms with E-state index in [2.05, 4.69) is 241 Å². The van der Waals surface area contributed by atoms with Crippen molar-refractivity contribution in [2.24, 2.45) is 0 Å². The summed E-state index contributed by atoms with van der Waals surface area (Å²) in [7, 11) is 0. The molecule has 0 fully saturated rings. The molecule has 12 rings (SSSR count). The van der Waals surface area contributed by atoms with Crippen molar-refractivity contribution in [2.75, 3.05) is 0 Å². The predicted molar refractivity (Wildman–Crippen MR) is 260 cm³/mol. The molecule has 11 aromatic carbocycles. The first-order valence-electron chi connectivity index (χ1n) is 21.1. The standard InChI is InChI=1S/C60H39N/c1-3-13-40(14-4-1)42-23-27-44(28-24-42)46-31-34-59-56(37-46)57-38-47(45-29-25-43(26-30-45)41-15-5-2-6-16-41)32-35-60(57)61(59)58-36-33-53(51-20-11-12-22-54(51)58)55-39-48-17-7-8-18-49(48)50-19-9-10-21-52(50)55/h1-39H. The molecule has 0 atom stereocenters. The average molecular weight is 774 g/mol. The van der Waals surface area contributed by atoms with Gasteiger partial charge in [0, 0.05) is 16.2 Å². The first kappa shape index (κ1) is 35.0. The molecule has 0 aliphatic heterocycles. The van der Waals surface area contributed by atoms with E-state index in [-0.39, 0.29) is 0 Å². The van der Waals surface area contributed by atoms with Gasteiger partial charge >= 0.3 is 0 Å². The van der Waals surface area contributed by atoms with Crippen LogP contribution in [0.2, 0.25) is 0 Å². The molecule has 0 aliphatic rings. The van der Waals surface area contributed by atoms with Gasteiger partial charge in [-0.05, 0) is 119 Å². The highest BCUT2D eigenvalue weighted by atomic mass is 15.0. The van der Waals surface area contributed by atoms with Crippen molar-refractivity contribution in [3.8, 4) is 61.3 Å². The van der Waals surface area contributed by atoms with E-state index in [9.17, 15) is 0 Å². The van der Waals surface area contributed by atoms with Crippen molar-refractivity contribution in [2.45, 2.75) is 0 Å². The van der Waals surface area contributed by atoms with Crippen molar-refractivity contribution >= 4 is 54.1 Å². The second kappa shape index (κ2) is 14.4. The average Bonchev–Trinajstić information content (AvgIpc) is 3.67. The summed E-state index contributed by atoms with van der Waals surface area (Å²) in [6.07, 6.45) is 0. The molecule has 0 unspecified atom stereocenters. The van der Waals surface area contributed by atoms with Gasteiger partial charge in [-0.15, -0.1) is 0 Å². The largest absolute Gasteiger partial charge is 0.309 e. The van der Waals surface area contributed by atoms with E-state index in [0.717, 1.165) is 0 Å². The van der Waals surface area contributed by atoms with Crippen LogP contribution in [0, 0.1) is 0 Å². The van der Waals surface area contributed by atoms with Crippen molar-refractivity contribution in [3.63, 3.8) is 0 Å². The number of rotatable bonds is 6. The Morgan fingerprint density at radius 1 is 0.213 bits per heavy atom. The fourth-order valence-electron chi connectivity index (χ4n) is 9.60. The Bertz CT molecular complexity index is 3460. The number of hydrogen-bond donors (Lipinski definition) is 0. The highest BCUT2D eigenvalue weighted by Gasteiger charge is 2.19. The summed E-state index contributed by atoms with van der Waals surface area (Å²) in [4.78, 5) is 0. The van der Waals surface area contributed by atoms with Crippen LogP contribution < -0.4 is 0 Å². The summed E-state index contributed by atoms with van der Waals surface area (Å²) in [5.41, 5.74) is 15.7. The molecule has 0 radical (unpaired) electrons. The fourth-order valence-corrected chi connectivity index (χ4v) is 9.60. The van der Waals surface area contributed by atoms with Crippen LogP contribution in [0.3, 0.4) is 0 Å². The molecule has 1 heteroatoms. The second-order valence-corrected chi connectivity index (χ2v) is 16.1. The normalized spacial score (nSPS) is 11.6. The third kappa shape index (κ3) is 5.93. The lowest BCUT2D eigenvalue weighted by molar-refractivity contribution is 1.20. The highest BCUT2D eigenvalue weighted by molar-refractivity contribution is 6.18. The quantitative estimate of drug-likeness (QED) is 0.148.